The van der Waals surface area contributed by atoms with E-state index in [-0.39, 0.29) is 11.8 Å². The third kappa shape index (κ3) is 2.73. The lowest BCUT2D eigenvalue weighted by Gasteiger charge is -2.29. The molecule has 26 heavy (non-hydrogen) atoms. The van der Waals surface area contributed by atoms with Crippen LogP contribution in [0.15, 0.2) is 47.4 Å². The van der Waals surface area contributed by atoms with Crippen LogP contribution in [0.5, 0.6) is 0 Å². The molecule has 0 spiro atoms. The normalized spacial score (nSPS) is 25.6. The average molecular weight is 355 g/mol. The van der Waals surface area contributed by atoms with Gasteiger partial charge in [0, 0.05) is 38.3 Å². The Bertz CT molecular complexity index is 792. The summed E-state index contributed by atoms with van der Waals surface area (Å²) >= 11 is 0. The number of amides is 1. The van der Waals surface area contributed by atoms with Crippen molar-refractivity contribution in [3.63, 3.8) is 0 Å². The van der Waals surface area contributed by atoms with E-state index >= 15 is 0 Å². The molecule has 0 radical (unpaired) electrons. The number of pyridine rings is 1. The Morgan fingerprint density at radius 2 is 2.15 bits per heavy atom. The quantitative estimate of drug-likeness (QED) is 0.907. The topological polar surface area (TPSA) is 86.9 Å². The van der Waals surface area contributed by atoms with Crippen LogP contribution < -0.4 is 4.90 Å². The molecular weight excluding hydrogens is 334 g/mol. The zero-order chi connectivity index (χ0) is 18.1. The van der Waals surface area contributed by atoms with E-state index < -0.39 is 11.4 Å². The van der Waals surface area contributed by atoms with Crippen LogP contribution in [0.4, 0.5) is 5.82 Å². The number of rotatable bonds is 3. The molecule has 4 rings (SSSR count). The second-order valence-corrected chi connectivity index (χ2v) is 7.09. The monoisotopic (exact) mass is 355 g/mol. The highest BCUT2D eigenvalue weighted by molar-refractivity contribution is 5.94. The molecule has 2 aromatic heterocycles. The predicted molar refractivity (Wildman–Crippen MR) is 93.9 cm³/mol. The Morgan fingerprint density at radius 1 is 1.27 bits per heavy atom. The van der Waals surface area contributed by atoms with Gasteiger partial charge in [-0.25, -0.2) is 4.98 Å². The number of carbonyl (C=O) groups excluding carboxylic acids is 1. The molecule has 0 unspecified atom stereocenters. The van der Waals surface area contributed by atoms with Crippen LogP contribution in [0.1, 0.15) is 23.2 Å². The van der Waals surface area contributed by atoms with Crippen molar-refractivity contribution in [2.45, 2.75) is 12.8 Å². The number of nitrogens with zero attached hydrogens (tertiary/aromatic N) is 3. The fourth-order valence-electron chi connectivity index (χ4n) is 4.25. The van der Waals surface area contributed by atoms with Gasteiger partial charge in [0.25, 0.3) is 5.91 Å². The van der Waals surface area contributed by atoms with E-state index in [1.54, 1.807) is 17.2 Å². The Balaban J connectivity index is 1.61. The fraction of sp³-hybridized carbons (Fsp3) is 0.421. The lowest BCUT2D eigenvalue weighted by Crippen LogP contribution is -2.42. The maximum atomic E-state index is 12.7. The third-order valence-corrected chi connectivity index (χ3v) is 5.64. The molecule has 1 amide bonds. The zero-order valence-electron chi connectivity index (χ0n) is 14.4. The maximum absolute atomic E-state index is 12.7. The van der Waals surface area contributed by atoms with Crippen LogP contribution in [-0.2, 0) is 4.79 Å². The molecule has 1 N–H and O–H groups in total. The van der Waals surface area contributed by atoms with E-state index in [0.29, 0.717) is 44.6 Å². The lowest BCUT2D eigenvalue weighted by molar-refractivity contribution is -0.150. The summed E-state index contributed by atoms with van der Waals surface area (Å²) in [6.07, 6.45) is 5.86. The van der Waals surface area contributed by atoms with Crippen LogP contribution >= 0.6 is 0 Å². The Hall–Kier alpha value is -2.83. The summed E-state index contributed by atoms with van der Waals surface area (Å²) in [4.78, 5) is 33.1. The number of carboxylic acids is 1. The number of carboxylic acid groups (broad SMARTS) is 1. The van der Waals surface area contributed by atoms with Crippen LogP contribution in [0.3, 0.4) is 0 Å². The number of furan rings is 1. The van der Waals surface area contributed by atoms with Crippen molar-refractivity contribution in [1.29, 1.82) is 0 Å². The van der Waals surface area contributed by atoms with Crippen molar-refractivity contribution in [2.24, 2.45) is 11.3 Å². The van der Waals surface area contributed by atoms with Gasteiger partial charge in [-0.2, -0.15) is 0 Å². The summed E-state index contributed by atoms with van der Waals surface area (Å²) < 4.78 is 5.02. The van der Waals surface area contributed by atoms with E-state index in [9.17, 15) is 14.7 Å². The van der Waals surface area contributed by atoms with E-state index in [1.165, 1.54) is 12.5 Å². The smallest absolute Gasteiger partial charge is 0.311 e. The summed E-state index contributed by atoms with van der Waals surface area (Å²) in [7, 11) is 0. The predicted octanol–water partition coefficient (Wildman–Crippen LogP) is 2.12. The number of likely N-dealkylation sites (tertiary alicyclic amines) is 1. The van der Waals surface area contributed by atoms with Crippen LogP contribution in [0.25, 0.3) is 0 Å². The molecule has 7 nitrogen and oxygen atoms in total. The van der Waals surface area contributed by atoms with Gasteiger partial charge >= 0.3 is 5.97 Å². The third-order valence-electron chi connectivity index (χ3n) is 5.64. The van der Waals surface area contributed by atoms with Crippen molar-refractivity contribution in [3.05, 3.63) is 48.6 Å². The van der Waals surface area contributed by atoms with Crippen molar-refractivity contribution in [1.82, 2.24) is 9.88 Å². The molecule has 7 heteroatoms. The summed E-state index contributed by atoms with van der Waals surface area (Å²) in [5.41, 5.74) is -0.337. The van der Waals surface area contributed by atoms with Crippen LogP contribution in [0.2, 0.25) is 0 Å². The van der Waals surface area contributed by atoms with Gasteiger partial charge in [-0.05, 0) is 31.0 Å². The average Bonchev–Trinajstić information content (AvgIpc) is 3.27. The molecule has 2 aromatic rings. The molecule has 0 saturated carbocycles. The molecule has 2 atom stereocenters. The van der Waals surface area contributed by atoms with Gasteiger partial charge in [-0.1, -0.05) is 6.07 Å². The van der Waals surface area contributed by atoms with Gasteiger partial charge < -0.3 is 19.3 Å². The van der Waals surface area contributed by atoms with Crippen molar-refractivity contribution in [3.8, 4) is 0 Å². The number of hydrogen-bond acceptors (Lipinski definition) is 5. The molecule has 2 saturated heterocycles. The SMILES string of the molecule is O=C(c1ccoc1)N1CCC[C@]2(C(=O)O)CN(c3ccccn3)C[C@@H]2C1. The van der Waals surface area contributed by atoms with Gasteiger partial charge in [-0.3, -0.25) is 9.59 Å². The van der Waals surface area contributed by atoms with Crippen LogP contribution in [0, 0.1) is 11.3 Å². The van der Waals surface area contributed by atoms with Crippen LogP contribution in [-0.4, -0.2) is 53.0 Å². The van der Waals surface area contributed by atoms with Gasteiger partial charge in [0.15, 0.2) is 0 Å². The Kier molecular flexibility index (Phi) is 4.14. The minimum atomic E-state index is -0.844. The second kappa shape index (κ2) is 6.48. The first-order valence-corrected chi connectivity index (χ1v) is 8.81. The van der Waals surface area contributed by atoms with Gasteiger partial charge in [-0.15, -0.1) is 0 Å². The van der Waals surface area contributed by atoms with Gasteiger partial charge in [0.05, 0.1) is 17.2 Å². The molecular formula is C19H21N3O4. The summed E-state index contributed by atoms with van der Waals surface area (Å²) in [6.45, 7) is 2.01. The Labute approximate surface area is 151 Å². The summed E-state index contributed by atoms with van der Waals surface area (Å²) in [5, 5.41) is 10.0. The first-order chi connectivity index (χ1) is 12.6. The minimum absolute atomic E-state index is 0.101. The molecule has 0 aromatic carbocycles. The number of fused-ring (bicyclic) bond motifs is 1. The van der Waals surface area contributed by atoms with E-state index in [2.05, 4.69) is 4.98 Å². The van der Waals surface area contributed by atoms with Gasteiger partial charge in [0.1, 0.15) is 12.1 Å². The second-order valence-electron chi connectivity index (χ2n) is 7.09. The van der Waals surface area contributed by atoms with Crippen molar-refractivity contribution < 1.29 is 19.1 Å². The highest BCUT2D eigenvalue weighted by Gasteiger charge is 2.54. The largest absolute Gasteiger partial charge is 0.481 e. The summed E-state index contributed by atoms with van der Waals surface area (Å²) in [6, 6.07) is 7.29. The number of carbonyl (C=O) groups is 2. The molecule has 2 aliphatic rings. The molecule has 2 aliphatic heterocycles. The van der Waals surface area contributed by atoms with Crippen molar-refractivity contribution >= 4 is 17.7 Å². The first kappa shape index (κ1) is 16.6. The van der Waals surface area contributed by atoms with Crippen molar-refractivity contribution in [2.75, 3.05) is 31.1 Å². The lowest BCUT2D eigenvalue weighted by atomic mass is 9.75. The van der Waals surface area contributed by atoms with E-state index in [4.69, 9.17) is 4.42 Å². The molecule has 0 bridgehead atoms. The highest BCUT2D eigenvalue weighted by Crippen LogP contribution is 2.44. The maximum Gasteiger partial charge on any atom is 0.311 e. The number of anilines is 1. The zero-order valence-corrected chi connectivity index (χ0v) is 14.4. The highest BCUT2D eigenvalue weighted by atomic mass is 16.4. The molecule has 0 aliphatic carbocycles. The van der Waals surface area contributed by atoms with E-state index in [0.717, 1.165) is 5.82 Å². The number of aromatic nitrogens is 1. The number of hydrogen-bond donors (Lipinski definition) is 1. The molecule has 136 valence electrons. The molecule has 2 fully saturated rings. The molecule has 4 heterocycles. The Morgan fingerprint density at radius 3 is 2.85 bits per heavy atom. The summed E-state index contributed by atoms with van der Waals surface area (Å²) in [5.74, 6) is -0.232. The number of aliphatic carboxylic acids is 1. The standard InChI is InChI=1S/C19H21N3O4/c23-17(14-5-9-26-12-14)21-8-3-6-19(18(24)25)13-22(11-15(19)10-21)16-4-1-2-7-20-16/h1-2,4-5,7,9,12,15H,3,6,8,10-11,13H2,(H,24,25)/t15-,19-/m0/s1. The van der Waals surface area contributed by atoms with E-state index in [1.807, 2.05) is 23.1 Å². The first-order valence-electron chi connectivity index (χ1n) is 8.81. The van der Waals surface area contributed by atoms with Gasteiger partial charge in [0.2, 0.25) is 0 Å². The minimum Gasteiger partial charge on any atom is -0.481 e. The fourth-order valence-corrected chi connectivity index (χ4v) is 4.25.